The van der Waals surface area contributed by atoms with Gasteiger partial charge in [-0.25, -0.2) is 4.39 Å². The molecule has 146 valence electrons. The Morgan fingerprint density at radius 2 is 1.86 bits per heavy atom. The van der Waals surface area contributed by atoms with Gasteiger partial charge in [0.1, 0.15) is 11.5 Å². The molecule has 0 unspecified atom stereocenters. The summed E-state index contributed by atoms with van der Waals surface area (Å²) < 4.78 is 13.8. The van der Waals surface area contributed by atoms with Gasteiger partial charge >= 0.3 is 0 Å². The highest BCUT2D eigenvalue weighted by molar-refractivity contribution is 5.95. The largest absolute Gasteiger partial charge is 0.377 e. The van der Waals surface area contributed by atoms with Crippen LogP contribution in [0.25, 0.3) is 0 Å². The molecule has 28 heavy (non-hydrogen) atoms. The molecule has 0 aliphatic carbocycles. The van der Waals surface area contributed by atoms with Crippen molar-refractivity contribution in [1.29, 1.82) is 0 Å². The molecule has 1 aliphatic heterocycles. The van der Waals surface area contributed by atoms with Crippen LogP contribution in [0.5, 0.6) is 0 Å². The number of anilines is 1. The van der Waals surface area contributed by atoms with Crippen molar-refractivity contribution in [2.24, 2.45) is 0 Å². The second-order valence-corrected chi connectivity index (χ2v) is 6.74. The molecule has 0 aromatic heterocycles. The molecular formula is C20H20FN3O4. The number of likely N-dealkylation sites (tertiary alicyclic amines) is 1. The summed E-state index contributed by atoms with van der Waals surface area (Å²) in [7, 11) is 0. The minimum atomic E-state index is -0.547. The molecule has 1 N–H and O–H groups in total. The van der Waals surface area contributed by atoms with Gasteiger partial charge in [-0.3, -0.25) is 19.7 Å². The Balaban J connectivity index is 1.66. The van der Waals surface area contributed by atoms with Crippen LogP contribution in [0.3, 0.4) is 0 Å². The molecule has 2 aromatic rings. The lowest BCUT2D eigenvalue weighted by atomic mass is 10.0. The van der Waals surface area contributed by atoms with E-state index in [-0.39, 0.29) is 34.5 Å². The Labute approximate surface area is 161 Å². The number of hydrogen-bond donors (Lipinski definition) is 1. The van der Waals surface area contributed by atoms with Crippen LogP contribution in [-0.2, 0) is 0 Å². The van der Waals surface area contributed by atoms with Gasteiger partial charge in [0.15, 0.2) is 5.78 Å². The molecule has 0 radical (unpaired) electrons. The fraction of sp³-hybridized carbons (Fsp3) is 0.300. The predicted molar refractivity (Wildman–Crippen MR) is 102 cm³/mol. The number of piperidine rings is 1. The van der Waals surface area contributed by atoms with Crippen LogP contribution in [0.15, 0.2) is 42.5 Å². The van der Waals surface area contributed by atoms with E-state index in [1.807, 2.05) is 0 Å². The standard InChI is InChI=1S/C20H20FN3O4/c1-13(25)14-6-7-18(19(12-14)24(27)28)22-15-8-10-23(11-9-15)20(26)16-4-2-3-5-17(16)21/h2-7,12,15,22H,8-11H2,1H3. The fourth-order valence-corrected chi connectivity index (χ4v) is 3.28. The summed E-state index contributed by atoms with van der Waals surface area (Å²) in [6.45, 7) is 2.20. The molecule has 7 nitrogen and oxygen atoms in total. The van der Waals surface area contributed by atoms with Gasteiger partial charge in [0, 0.05) is 30.8 Å². The number of Topliss-reactive ketones (excluding diaryl/α,β-unsaturated/α-hetero) is 1. The van der Waals surface area contributed by atoms with Gasteiger partial charge in [-0.05, 0) is 44.0 Å². The maximum Gasteiger partial charge on any atom is 0.293 e. The number of nitrogens with one attached hydrogen (secondary N) is 1. The van der Waals surface area contributed by atoms with Crippen molar-refractivity contribution < 1.29 is 18.9 Å². The van der Waals surface area contributed by atoms with E-state index in [0.717, 1.165) is 0 Å². The minimum absolute atomic E-state index is 0.0457. The molecule has 2 aromatic carbocycles. The third-order valence-electron chi connectivity index (χ3n) is 4.85. The second-order valence-electron chi connectivity index (χ2n) is 6.74. The summed E-state index contributed by atoms with van der Waals surface area (Å²) in [6.07, 6.45) is 1.15. The lowest BCUT2D eigenvalue weighted by molar-refractivity contribution is -0.384. The lowest BCUT2D eigenvalue weighted by Crippen LogP contribution is -2.42. The van der Waals surface area contributed by atoms with Crippen LogP contribution in [0.4, 0.5) is 15.8 Å². The van der Waals surface area contributed by atoms with Crippen LogP contribution in [0, 0.1) is 15.9 Å². The summed E-state index contributed by atoms with van der Waals surface area (Å²) >= 11 is 0. The zero-order chi connectivity index (χ0) is 20.3. The number of nitro benzene ring substituents is 1. The first-order chi connectivity index (χ1) is 13.4. The number of rotatable bonds is 5. The third-order valence-corrected chi connectivity index (χ3v) is 4.85. The number of nitro groups is 1. The molecule has 1 amide bonds. The van der Waals surface area contributed by atoms with Gasteiger partial charge in [-0.1, -0.05) is 12.1 Å². The molecule has 0 saturated carbocycles. The number of benzene rings is 2. The first-order valence-corrected chi connectivity index (χ1v) is 8.96. The molecule has 1 aliphatic rings. The smallest absolute Gasteiger partial charge is 0.293 e. The lowest BCUT2D eigenvalue weighted by Gasteiger charge is -2.33. The van der Waals surface area contributed by atoms with Crippen molar-refractivity contribution in [3.63, 3.8) is 0 Å². The van der Waals surface area contributed by atoms with Crippen LogP contribution in [0.2, 0.25) is 0 Å². The average molecular weight is 385 g/mol. The SMILES string of the molecule is CC(=O)c1ccc(NC2CCN(C(=O)c3ccccc3F)CC2)c([N+](=O)[O-])c1. The number of carbonyl (C=O) groups is 2. The Bertz CT molecular complexity index is 923. The van der Waals surface area contributed by atoms with E-state index in [1.54, 1.807) is 17.0 Å². The van der Waals surface area contributed by atoms with Crippen molar-refractivity contribution >= 4 is 23.1 Å². The van der Waals surface area contributed by atoms with Gasteiger partial charge in [-0.2, -0.15) is 0 Å². The second kappa shape index (κ2) is 8.16. The summed E-state index contributed by atoms with van der Waals surface area (Å²) in [5.74, 6) is -1.14. The van der Waals surface area contributed by atoms with E-state index in [9.17, 15) is 24.1 Å². The van der Waals surface area contributed by atoms with E-state index in [4.69, 9.17) is 0 Å². The Kier molecular flexibility index (Phi) is 5.67. The van der Waals surface area contributed by atoms with Gasteiger partial charge in [0.2, 0.25) is 0 Å². The summed E-state index contributed by atoms with van der Waals surface area (Å²) in [6, 6.07) is 10.2. The number of carbonyl (C=O) groups excluding carboxylic acids is 2. The van der Waals surface area contributed by atoms with Gasteiger partial charge in [0.25, 0.3) is 11.6 Å². The Morgan fingerprint density at radius 1 is 1.18 bits per heavy atom. The molecule has 1 heterocycles. The molecule has 1 fully saturated rings. The summed E-state index contributed by atoms with van der Waals surface area (Å²) in [4.78, 5) is 36.3. The summed E-state index contributed by atoms with van der Waals surface area (Å²) in [5.41, 5.74) is 0.512. The zero-order valence-electron chi connectivity index (χ0n) is 15.4. The van der Waals surface area contributed by atoms with Crippen molar-refractivity contribution in [3.05, 3.63) is 69.5 Å². The molecule has 0 spiro atoms. The normalized spacial score (nSPS) is 14.6. The fourth-order valence-electron chi connectivity index (χ4n) is 3.28. The highest BCUT2D eigenvalue weighted by atomic mass is 19.1. The van der Waals surface area contributed by atoms with E-state index in [0.29, 0.717) is 31.6 Å². The number of halogens is 1. The number of hydrogen-bond acceptors (Lipinski definition) is 5. The summed E-state index contributed by atoms with van der Waals surface area (Å²) in [5, 5.41) is 14.5. The van der Waals surface area contributed by atoms with Gasteiger partial charge < -0.3 is 10.2 Å². The van der Waals surface area contributed by atoms with E-state index >= 15 is 0 Å². The van der Waals surface area contributed by atoms with E-state index in [1.165, 1.54) is 37.3 Å². The van der Waals surface area contributed by atoms with Crippen LogP contribution in [-0.4, -0.2) is 40.6 Å². The maximum absolute atomic E-state index is 13.8. The Morgan fingerprint density at radius 3 is 2.46 bits per heavy atom. The number of nitrogens with zero attached hydrogens (tertiary/aromatic N) is 2. The van der Waals surface area contributed by atoms with Crippen molar-refractivity contribution in [3.8, 4) is 0 Å². The van der Waals surface area contributed by atoms with Crippen molar-refractivity contribution in [2.45, 2.75) is 25.8 Å². The molecule has 8 heteroatoms. The Hall–Kier alpha value is -3.29. The molecule has 3 rings (SSSR count). The molecule has 0 bridgehead atoms. The van der Waals surface area contributed by atoms with Crippen LogP contribution in [0.1, 0.15) is 40.5 Å². The molecule has 1 saturated heterocycles. The van der Waals surface area contributed by atoms with Gasteiger partial charge in [0.05, 0.1) is 10.5 Å². The van der Waals surface area contributed by atoms with Crippen molar-refractivity contribution in [2.75, 3.05) is 18.4 Å². The highest BCUT2D eigenvalue weighted by Gasteiger charge is 2.26. The van der Waals surface area contributed by atoms with Crippen LogP contribution >= 0.6 is 0 Å². The first kappa shape index (κ1) is 19.5. The third kappa shape index (κ3) is 4.16. The minimum Gasteiger partial charge on any atom is -0.377 e. The topological polar surface area (TPSA) is 92.6 Å². The first-order valence-electron chi connectivity index (χ1n) is 8.96. The number of amides is 1. The highest BCUT2D eigenvalue weighted by Crippen LogP contribution is 2.28. The predicted octanol–water partition coefficient (Wildman–Crippen LogP) is 3.65. The van der Waals surface area contributed by atoms with Gasteiger partial charge in [-0.15, -0.1) is 0 Å². The van der Waals surface area contributed by atoms with E-state index < -0.39 is 10.7 Å². The van der Waals surface area contributed by atoms with Crippen LogP contribution < -0.4 is 5.32 Å². The quantitative estimate of drug-likeness (QED) is 0.482. The number of ketones is 1. The zero-order valence-corrected chi connectivity index (χ0v) is 15.4. The monoisotopic (exact) mass is 385 g/mol. The van der Waals surface area contributed by atoms with Crippen molar-refractivity contribution in [1.82, 2.24) is 4.90 Å². The average Bonchev–Trinajstić information content (AvgIpc) is 2.68. The molecule has 0 atom stereocenters. The maximum atomic E-state index is 13.8. The molecular weight excluding hydrogens is 365 g/mol. The van der Waals surface area contributed by atoms with E-state index in [2.05, 4.69) is 5.32 Å².